The number of thiophene rings is 1. The first-order valence-electron chi connectivity index (χ1n) is 7.25. The molecule has 4 bridgehead atoms. The average Bonchev–Trinajstić information content (AvgIpc) is 2.79. The van der Waals surface area contributed by atoms with Crippen LogP contribution in [0.2, 0.25) is 0 Å². The van der Waals surface area contributed by atoms with Gasteiger partial charge in [-0.15, -0.1) is 11.3 Å². The van der Waals surface area contributed by atoms with Crippen LogP contribution in [0.25, 0.3) is 0 Å². The zero-order valence-corrected chi connectivity index (χ0v) is 13.2. The van der Waals surface area contributed by atoms with Crippen molar-refractivity contribution in [1.82, 2.24) is 5.32 Å². The van der Waals surface area contributed by atoms with E-state index in [-0.39, 0.29) is 5.91 Å². The lowest BCUT2D eigenvalue weighted by Crippen LogP contribution is -2.55. The number of carbonyl (C=O) groups is 1. The SMILES string of the molecule is O=C(NC1C2CC3CC(C2)CC1C3)c1ccc(Br)s1. The molecule has 1 heterocycles. The van der Waals surface area contributed by atoms with E-state index in [9.17, 15) is 4.79 Å². The van der Waals surface area contributed by atoms with Crippen molar-refractivity contribution in [2.75, 3.05) is 0 Å². The largest absolute Gasteiger partial charge is 0.348 e. The van der Waals surface area contributed by atoms with Crippen LogP contribution in [-0.4, -0.2) is 11.9 Å². The number of hydrogen-bond donors (Lipinski definition) is 1. The van der Waals surface area contributed by atoms with Gasteiger partial charge in [0.05, 0.1) is 8.66 Å². The van der Waals surface area contributed by atoms with Gasteiger partial charge in [-0.05, 0) is 83.8 Å². The number of amides is 1. The van der Waals surface area contributed by atoms with Crippen LogP contribution in [0, 0.1) is 23.7 Å². The number of carbonyl (C=O) groups excluding carboxylic acids is 1. The molecule has 4 aliphatic carbocycles. The van der Waals surface area contributed by atoms with Gasteiger partial charge in [0.15, 0.2) is 0 Å². The monoisotopic (exact) mass is 339 g/mol. The van der Waals surface area contributed by atoms with Gasteiger partial charge in [-0.25, -0.2) is 0 Å². The summed E-state index contributed by atoms with van der Waals surface area (Å²) in [5.41, 5.74) is 0. The normalized spacial score (nSPS) is 39.5. The summed E-state index contributed by atoms with van der Waals surface area (Å²) in [7, 11) is 0. The van der Waals surface area contributed by atoms with E-state index in [0.29, 0.717) is 6.04 Å². The highest BCUT2D eigenvalue weighted by atomic mass is 79.9. The third-order valence-corrected chi connectivity index (χ3v) is 6.94. The molecule has 0 saturated heterocycles. The lowest BCUT2D eigenvalue weighted by Gasteiger charge is -2.54. The van der Waals surface area contributed by atoms with Crippen molar-refractivity contribution < 1.29 is 4.79 Å². The number of hydrogen-bond acceptors (Lipinski definition) is 2. The molecule has 0 unspecified atom stereocenters. The third-order valence-electron chi connectivity index (χ3n) is 5.32. The van der Waals surface area contributed by atoms with E-state index in [4.69, 9.17) is 0 Å². The summed E-state index contributed by atoms with van der Waals surface area (Å²) >= 11 is 4.95. The molecule has 1 N–H and O–H groups in total. The van der Waals surface area contributed by atoms with Gasteiger partial charge < -0.3 is 5.32 Å². The lowest BCUT2D eigenvalue weighted by molar-refractivity contribution is -0.0119. The predicted molar refractivity (Wildman–Crippen MR) is 80.3 cm³/mol. The second-order valence-electron chi connectivity index (χ2n) is 6.53. The second-order valence-corrected chi connectivity index (χ2v) is 9.00. The molecule has 0 spiro atoms. The Bertz CT molecular complexity index is 484. The molecule has 19 heavy (non-hydrogen) atoms. The van der Waals surface area contributed by atoms with E-state index in [1.165, 1.54) is 43.4 Å². The maximum Gasteiger partial charge on any atom is 0.261 e. The zero-order valence-electron chi connectivity index (χ0n) is 10.8. The molecule has 2 nitrogen and oxygen atoms in total. The van der Waals surface area contributed by atoms with Gasteiger partial charge in [-0.2, -0.15) is 0 Å². The summed E-state index contributed by atoms with van der Waals surface area (Å²) in [5, 5.41) is 3.34. The fourth-order valence-corrected chi connectivity index (χ4v) is 6.11. The lowest BCUT2D eigenvalue weighted by atomic mass is 9.54. The van der Waals surface area contributed by atoms with E-state index >= 15 is 0 Å². The van der Waals surface area contributed by atoms with Gasteiger partial charge in [0.2, 0.25) is 0 Å². The van der Waals surface area contributed by atoms with Crippen LogP contribution in [0.1, 0.15) is 41.8 Å². The first-order valence-corrected chi connectivity index (χ1v) is 8.86. The number of nitrogens with one attached hydrogen (secondary N) is 1. The van der Waals surface area contributed by atoms with Crippen LogP contribution in [0.3, 0.4) is 0 Å². The molecule has 1 aromatic heterocycles. The molecule has 4 heteroatoms. The second kappa shape index (κ2) is 4.59. The molecule has 0 radical (unpaired) electrons. The predicted octanol–water partition coefficient (Wildman–Crippen LogP) is 4.07. The quantitative estimate of drug-likeness (QED) is 0.864. The maximum absolute atomic E-state index is 12.3. The van der Waals surface area contributed by atoms with Crippen molar-refractivity contribution in [3.8, 4) is 0 Å². The Hall–Kier alpha value is -0.350. The van der Waals surface area contributed by atoms with Crippen molar-refractivity contribution in [2.24, 2.45) is 23.7 Å². The van der Waals surface area contributed by atoms with Crippen molar-refractivity contribution in [1.29, 1.82) is 0 Å². The van der Waals surface area contributed by atoms with Crippen LogP contribution in [0.4, 0.5) is 0 Å². The fourth-order valence-electron chi connectivity index (χ4n) is 4.82. The molecule has 1 amide bonds. The Morgan fingerprint density at radius 2 is 1.74 bits per heavy atom. The summed E-state index contributed by atoms with van der Waals surface area (Å²) < 4.78 is 1.03. The zero-order chi connectivity index (χ0) is 13.0. The first-order chi connectivity index (χ1) is 9.19. The minimum Gasteiger partial charge on any atom is -0.348 e. The summed E-state index contributed by atoms with van der Waals surface area (Å²) in [4.78, 5) is 13.2. The minimum absolute atomic E-state index is 0.133. The van der Waals surface area contributed by atoms with E-state index in [1.807, 2.05) is 12.1 Å². The van der Waals surface area contributed by atoms with Gasteiger partial charge in [-0.3, -0.25) is 4.79 Å². The number of halogens is 1. The maximum atomic E-state index is 12.3. The van der Waals surface area contributed by atoms with E-state index in [2.05, 4.69) is 21.2 Å². The van der Waals surface area contributed by atoms with Crippen molar-refractivity contribution in [3.63, 3.8) is 0 Å². The van der Waals surface area contributed by atoms with Crippen LogP contribution in [0.5, 0.6) is 0 Å². The minimum atomic E-state index is 0.133. The Labute approximate surface area is 126 Å². The third kappa shape index (κ3) is 2.17. The molecule has 0 atom stereocenters. The molecule has 0 aliphatic heterocycles. The molecule has 102 valence electrons. The molecule has 4 aliphatic rings. The Morgan fingerprint density at radius 3 is 2.26 bits per heavy atom. The van der Waals surface area contributed by atoms with Crippen molar-refractivity contribution >= 4 is 33.2 Å². The Kier molecular flexibility index (Phi) is 2.99. The smallest absolute Gasteiger partial charge is 0.261 e. The van der Waals surface area contributed by atoms with Crippen molar-refractivity contribution in [3.05, 3.63) is 20.8 Å². The molecular weight excluding hydrogens is 322 g/mol. The Balaban J connectivity index is 1.49. The summed E-state index contributed by atoms with van der Waals surface area (Å²) in [6, 6.07) is 4.32. The molecule has 4 fully saturated rings. The average molecular weight is 340 g/mol. The van der Waals surface area contributed by atoms with Gasteiger partial charge in [0.25, 0.3) is 5.91 Å². The summed E-state index contributed by atoms with van der Waals surface area (Å²) in [6.45, 7) is 0. The van der Waals surface area contributed by atoms with Gasteiger partial charge >= 0.3 is 0 Å². The van der Waals surface area contributed by atoms with Gasteiger partial charge in [-0.1, -0.05) is 0 Å². The molecule has 1 aromatic rings. The van der Waals surface area contributed by atoms with Crippen LogP contribution >= 0.6 is 27.3 Å². The Morgan fingerprint density at radius 1 is 1.11 bits per heavy atom. The van der Waals surface area contributed by atoms with E-state index in [0.717, 1.165) is 32.3 Å². The standard InChI is InChI=1S/C15H18BrNOS/c16-13-2-1-12(19-13)15(18)17-14-10-4-8-3-9(6-10)7-11(14)5-8/h1-2,8-11,14H,3-7H2,(H,17,18). The molecule has 5 rings (SSSR count). The molecule has 4 saturated carbocycles. The summed E-state index contributed by atoms with van der Waals surface area (Å²) in [6.07, 6.45) is 6.88. The highest BCUT2D eigenvalue weighted by Crippen LogP contribution is 2.53. The summed E-state index contributed by atoms with van der Waals surface area (Å²) in [5.74, 6) is 3.57. The topological polar surface area (TPSA) is 29.1 Å². The molecule has 0 aromatic carbocycles. The highest BCUT2D eigenvalue weighted by molar-refractivity contribution is 9.11. The van der Waals surface area contributed by atoms with Crippen LogP contribution in [0.15, 0.2) is 15.9 Å². The van der Waals surface area contributed by atoms with Crippen molar-refractivity contribution in [2.45, 2.75) is 38.1 Å². The van der Waals surface area contributed by atoms with E-state index in [1.54, 1.807) is 0 Å². The van der Waals surface area contributed by atoms with Gasteiger partial charge in [0.1, 0.15) is 0 Å². The molecular formula is C15H18BrNOS. The van der Waals surface area contributed by atoms with Gasteiger partial charge in [0, 0.05) is 6.04 Å². The van der Waals surface area contributed by atoms with Crippen LogP contribution in [-0.2, 0) is 0 Å². The highest BCUT2D eigenvalue weighted by Gasteiger charge is 2.48. The van der Waals surface area contributed by atoms with Crippen LogP contribution < -0.4 is 5.32 Å². The first kappa shape index (κ1) is 12.4. The number of rotatable bonds is 2. The fraction of sp³-hybridized carbons (Fsp3) is 0.667. The van der Waals surface area contributed by atoms with E-state index < -0.39 is 0 Å².